The second-order valence-electron chi connectivity index (χ2n) is 7.08. The zero-order chi connectivity index (χ0) is 20.9. The molecule has 1 aliphatic heterocycles. The summed E-state index contributed by atoms with van der Waals surface area (Å²) in [6.45, 7) is 3.20. The van der Waals surface area contributed by atoms with Gasteiger partial charge in [-0.1, -0.05) is 17.7 Å². The van der Waals surface area contributed by atoms with Crippen LogP contribution in [0.4, 0.5) is 5.69 Å². The molecule has 0 aromatic heterocycles. The smallest absolute Gasteiger partial charge is 0.264 e. The predicted molar refractivity (Wildman–Crippen MR) is 111 cm³/mol. The fourth-order valence-electron chi connectivity index (χ4n) is 3.22. The Bertz CT molecular complexity index is 990. The van der Waals surface area contributed by atoms with Crippen molar-refractivity contribution >= 4 is 21.6 Å². The third kappa shape index (κ3) is 5.13. The van der Waals surface area contributed by atoms with E-state index in [9.17, 15) is 13.2 Å². The molecule has 7 nitrogen and oxygen atoms in total. The maximum Gasteiger partial charge on any atom is 0.264 e. The van der Waals surface area contributed by atoms with E-state index in [1.165, 1.54) is 24.3 Å². The summed E-state index contributed by atoms with van der Waals surface area (Å²) >= 11 is 0. The van der Waals surface area contributed by atoms with Crippen molar-refractivity contribution < 1.29 is 13.2 Å². The van der Waals surface area contributed by atoms with Crippen molar-refractivity contribution in [2.24, 2.45) is 0 Å². The molecule has 1 heterocycles. The molecule has 0 bridgehead atoms. The molecular weight excluding hydrogens is 388 g/mol. The average molecular weight is 413 g/mol. The van der Waals surface area contributed by atoms with E-state index in [-0.39, 0.29) is 23.4 Å². The zero-order valence-electron chi connectivity index (χ0n) is 16.3. The normalized spacial score (nSPS) is 14.8. The molecule has 0 saturated carbocycles. The van der Waals surface area contributed by atoms with E-state index in [1.807, 2.05) is 13.0 Å². The minimum absolute atomic E-state index is 0.0358. The Labute approximate surface area is 171 Å². The summed E-state index contributed by atoms with van der Waals surface area (Å²) in [5.74, 6) is -0.350. The molecule has 1 aliphatic rings. The van der Waals surface area contributed by atoms with E-state index in [1.54, 1.807) is 24.3 Å². The minimum atomic E-state index is -3.95. The van der Waals surface area contributed by atoms with Gasteiger partial charge in [0.05, 0.1) is 22.2 Å². The summed E-state index contributed by atoms with van der Waals surface area (Å²) < 4.78 is 27.7. The molecule has 0 unspecified atom stereocenters. The van der Waals surface area contributed by atoms with E-state index in [2.05, 4.69) is 10.6 Å². The number of anilines is 1. The highest BCUT2D eigenvalue weighted by atomic mass is 32.2. The van der Waals surface area contributed by atoms with Gasteiger partial charge in [-0.05, 0) is 69.3 Å². The Hall–Kier alpha value is -2.89. The third-order valence-electron chi connectivity index (χ3n) is 4.88. The standard InChI is InChI=1S/C21H24N4O3S/c1-16-2-8-20(9-3-16)29(27,28)25(19-6-4-17(14-22)5-7-19)15-21(26)24-18-10-12-23-13-11-18/h2-9,18,23H,10-13,15H2,1H3,(H,24,26). The van der Waals surface area contributed by atoms with Crippen LogP contribution >= 0.6 is 0 Å². The highest BCUT2D eigenvalue weighted by molar-refractivity contribution is 7.92. The van der Waals surface area contributed by atoms with Crippen molar-refractivity contribution in [3.05, 3.63) is 59.7 Å². The maximum atomic E-state index is 13.3. The number of nitriles is 1. The van der Waals surface area contributed by atoms with Crippen molar-refractivity contribution in [1.82, 2.24) is 10.6 Å². The van der Waals surface area contributed by atoms with Gasteiger partial charge in [0.25, 0.3) is 10.0 Å². The van der Waals surface area contributed by atoms with Crippen LogP contribution < -0.4 is 14.9 Å². The number of amides is 1. The third-order valence-corrected chi connectivity index (χ3v) is 6.67. The molecule has 0 radical (unpaired) electrons. The number of nitrogens with zero attached hydrogens (tertiary/aromatic N) is 2. The summed E-state index contributed by atoms with van der Waals surface area (Å²) in [5, 5.41) is 15.2. The van der Waals surface area contributed by atoms with E-state index < -0.39 is 10.0 Å². The lowest BCUT2D eigenvalue weighted by atomic mass is 10.1. The number of rotatable bonds is 6. The molecule has 8 heteroatoms. The number of carbonyl (C=O) groups excluding carboxylic acids is 1. The lowest BCUT2D eigenvalue weighted by Gasteiger charge is -2.27. The molecule has 2 aromatic carbocycles. The molecule has 2 aromatic rings. The number of hydrogen-bond acceptors (Lipinski definition) is 5. The number of benzene rings is 2. The minimum Gasteiger partial charge on any atom is -0.352 e. The maximum absolute atomic E-state index is 13.3. The van der Waals surface area contributed by atoms with Crippen LogP contribution in [-0.2, 0) is 14.8 Å². The highest BCUT2D eigenvalue weighted by Gasteiger charge is 2.28. The molecule has 1 saturated heterocycles. The summed E-state index contributed by atoms with van der Waals surface area (Å²) in [7, 11) is -3.95. The second kappa shape index (κ2) is 9.07. The Balaban J connectivity index is 1.89. The van der Waals surface area contributed by atoms with Gasteiger partial charge in [-0.3, -0.25) is 9.10 Å². The SMILES string of the molecule is Cc1ccc(S(=O)(=O)N(CC(=O)NC2CCNCC2)c2ccc(C#N)cc2)cc1. The lowest BCUT2D eigenvalue weighted by Crippen LogP contribution is -2.47. The molecule has 0 spiro atoms. The number of carbonyl (C=O) groups is 1. The molecule has 1 fully saturated rings. The van der Waals surface area contributed by atoms with Crippen LogP contribution in [0, 0.1) is 18.3 Å². The van der Waals surface area contributed by atoms with Gasteiger partial charge in [0.2, 0.25) is 5.91 Å². The number of nitrogens with one attached hydrogen (secondary N) is 2. The number of piperidine rings is 1. The molecule has 1 amide bonds. The molecule has 3 rings (SSSR count). The van der Waals surface area contributed by atoms with E-state index in [0.717, 1.165) is 35.8 Å². The fourth-order valence-corrected chi connectivity index (χ4v) is 4.65. The van der Waals surface area contributed by atoms with Gasteiger partial charge in [0.1, 0.15) is 6.54 Å². The highest BCUT2D eigenvalue weighted by Crippen LogP contribution is 2.24. The van der Waals surface area contributed by atoms with Crippen LogP contribution in [0.2, 0.25) is 0 Å². The molecule has 0 atom stereocenters. The first-order valence-corrected chi connectivity index (χ1v) is 10.9. The molecule has 152 valence electrons. The van der Waals surface area contributed by atoms with E-state index >= 15 is 0 Å². The Kier molecular flexibility index (Phi) is 6.52. The molecular formula is C21H24N4O3S. The monoisotopic (exact) mass is 412 g/mol. The van der Waals surface area contributed by atoms with Crippen LogP contribution in [0.25, 0.3) is 0 Å². The van der Waals surface area contributed by atoms with Crippen molar-refractivity contribution in [3.63, 3.8) is 0 Å². The summed E-state index contributed by atoms with van der Waals surface area (Å²) in [5.41, 5.74) is 1.70. The topological polar surface area (TPSA) is 102 Å². The molecule has 29 heavy (non-hydrogen) atoms. The molecule has 2 N–H and O–H groups in total. The van der Waals surface area contributed by atoms with Gasteiger partial charge < -0.3 is 10.6 Å². The van der Waals surface area contributed by atoms with E-state index in [4.69, 9.17) is 5.26 Å². The van der Waals surface area contributed by atoms with Gasteiger partial charge in [-0.25, -0.2) is 8.42 Å². The van der Waals surface area contributed by atoms with Gasteiger partial charge in [-0.15, -0.1) is 0 Å². The van der Waals surface area contributed by atoms with Crippen LogP contribution in [0.5, 0.6) is 0 Å². The summed E-state index contributed by atoms with van der Waals surface area (Å²) in [6.07, 6.45) is 1.63. The Morgan fingerprint density at radius 2 is 1.76 bits per heavy atom. The van der Waals surface area contributed by atoms with Crippen molar-refractivity contribution in [3.8, 4) is 6.07 Å². The first-order valence-electron chi connectivity index (χ1n) is 9.50. The van der Waals surface area contributed by atoms with Crippen molar-refractivity contribution in [1.29, 1.82) is 5.26 Å². The summed E-state index contributed by atoms with van der Waals surface area (Å²) in [6, 6.07) is 14.7. The van der Waals surface area contributed by atoms with Crippen molar-refractivity contribution in [2.75, 3.05) is 23.9 Å². The fraction of sp³-hybridized carbons (Fsp3) is 0.333. The van der Waals surface area contributed by atoms with Crippen LogP contribution in [0.15, 0.2) is 53.4 Å². The number of sulfonamides is 1. The van der Waals surface area contributed by atoms with Crippen LogP contribution in [-0.4, -0.2) is 40.0 Å². The van der Waals surface area contributed by atoms with Gasteiger partial charge in [-0.2, -0.15) is 5.26 Å². The Morgan fingerprint density at radius 3 is 2.34 bits per heavy atom. The van der Waals surface area contributed by atoms with Gasteiger partial charge >= 0.3 is 0 Å². The van der Waals surface area contributed by atoms with Crippen molar-refractivity contribution in [2.45, 2.75) is 30.7 Å². The largest absolute Gasteiger partial charge is 0.352 e. The second-order valence-corrected chi connectivity index (χ2v) is 8.94. The molecule has 0 aliphatic carbocycles. The quantitative estimate of drug-likeness (QED) is 0.755. The average Bonchev–Trinajstić information content (AvgIpc) is 2.73. The number of aryl methyl sites for hydroxylation is 1. The Morgan fingerprint density at radius 1 is 1.14 bits per heavy atom. The van der Waals surface area contributed by atoms with E-state index in [0.29, 0.717) is 11.3 Å². The summed E-state index contributed by atoms with van der Waals surface area (Å²) in [4.78, 5) is 12.8. The van der Waals surface area contributed by atoms with Crippen LogP contribution in [0.3, 0.4) is 0 Å². The first-order chi connectivity index (χ1) is 13.9. The first kappa shape index (κ1) is 20.8. The lowest BCUT2D eigenvalue weighted by molar-refractivity contribution is -0.120. The predicted octanol–water partition coefficient (Wildman–Crippen LogP) is 1.93. The van der Waals surface area contributed by atoms with Gasteiger partial charge in [0.15, 0.2) is 0 Å². The van der Waals surface area contributed by atoms with Gasteiger partial charge in [0, 0.05) is 6.04 Å². The van der Waals surface area contributed by atoms with Crippen LogP contribution in [0.1, 0.15) is 24.0 Å². The zero-order valence-corrected chi connectivity index (χ0v) is 17.1. The number of hydrogen-bond donors (Lipinski definition) is 2.